The SMILES string of the molecule is O=C(NCc1nc(NC2CCCC2)c2ncn([C@@H]3O[C@H](CO)[C@@H](O)[C@H]3O)c2n1)c1ccc(S(=O)(=O)O)cc1. The highest BCUT2D eigenvalue weighted by Gasteiger charge is 2.44. The van der Waals surface area contributed by atoms with Crippen LogP contribution in [0.15, 0.2) is 35.5 Å². The number of nitrogens with one attached hydrogen (secondary N) is 2. The number of imidazole rings is 1. The van der Waals surface area contributed by atoms with E-state index in [1.807, 2.05) is 0 Å². The van der Waals surface area contributed by atoms with Gasteiger partial charge in [0.15, 0.2) is 29.0 Å². The number of carbonyl (C=O) groups excluding carboxylic acids is 1. The molecule has 2 aromatic heterocycles. The third kappa shape index (κ3) is 5.21. The topological polar surface area (TPSA) is 209 Å². The molecule has 14 nitrogen and oxygen atoms in total. The second kappa shape index (κ2) is 10.5. The van der Waals surface area contributed by atoms with Crippen LogP contribution in [0.5, 0.6) is 0 Å². The highest BCUT2D eigenvalue weighted by Crippen LogP contribution is 2.33. The fourth-order valence-electron chi connectivity index (χ4n) is 4.74. The van der Waals surface area contributed by atoms with Crippen LogP contribution in [-0.2, 0) is 21.4 Å². The Morgan fingerprint density at radius 1 is 1.11 bits per heavy atom. The lowest BCUT2D eigenvalue weighted by atomic mass is 10.1. The second-order valence-corrected chi connectivity index (χ2v) is 10.8. The zero-order valence-electron chi connectivity index (χ0n) is 20.1. The number of benzene rings is 1. The minimum absolute atomic E-state index is 0.0880. The van der Waals surface area contributed by atoms with Gasteiger partial charge < -0.3 is 30.7 Å². The molecule has 1 aromatic carbocycles. The molecule has 1 aliphatic carbocycles. The van der Waals surface area contributed by atoms with Crippen molar-refractivity contribution in [2.45, 2.75) is 67.7 Å². The molecule has 1 aliphatic heterocycles. The average Bonchev–Trinajstić information content (AvgIpc) is 3.62. The number of ether oxygens (including phenoxy) is 1. The summed E-state index contributed by atoms with van der Waals surface area (Å²) in [5.74, 6) is 0.168. The fourth-order valence-corrected chi connectivity index (χ4v) is 5.22. The summed E-state index contributed by atoms with van der Waals surface area (Å²) in [7, 11) is -4.38. The molecule has 1 saturated heterocycles. The predicted molar refractivity (Wildman–Crippen MR) is 132 cm³/mol. The minimum Gasteiger partial charge on any atom is -0.394 e. The van der Waals surface area contributed by atoms with E-state index in [1.54, 1.807) is 0 Å². The summed E-state index contributed by atoms with van der Waals surface area (Å²) >= 11 is 0. The van der Waals surface area contributed by atoms with E-state index >= 15 is 0 Å². The zero-order valence-corrected chi connectivity index (χ0v) is 21.0. The molecule has 38 heavy (non-hydrogen) atoms. The number of aliphatic hydroxyl groups excluding tert-OH is 3. The number of aromatic nitrogens is 4. The van der Waals surface area contributed by atoms with E-state index in [4.69, 9.17) is 9.29 Å². The summed E-state index contributed by atoms with van der Waals surface area (Å²) in [6.45, 7) is -0.567. The van der Waals surface area contributed by atoms with Gasteiger partial charge >= 0.3 is 0 Å². The first-order valence-electron chi connectivity index (χ1n) is 12.1. The maximum Gasteiger partial charge on any atom is 0.294 e. The van der Waals surface area contributed by atoms with Crippen LogP contribution in [0.2, 0.25) is 0 Å². The van der Waals surface area contributed by atoms with Gasteiger partial charge in [-0.05, 0) is 37.1 Å². The van der Waals surface area contributed by atoms with Gasteiger partial charge in [0.25, 0.3) is 16.0 Å². The van der Waals surface area contributed by atoms with Gasteiger partial charge in [-0.1, -0.05) is 12.8 Å². The van der Waals surface area contributed by atoms with Crippen molar-refractivity contribution in [3.8, 4) is 0 Å². The Hall–Kier alpha value is -3.21. The number of nitrogens with zero attached hydrogens (tertiary/aromatic N) is 4. The summed E-state index contributed by atoms with van der Waals surface area (Å²) in [6.07, 6.45) is 0.856. The lowest BCUT2D eigenvalue weighted by Gasteiger charge is -2.18. The third-order valence-electron chi connectivity index (χ3n) is 6.78. The Labute approximate surface area is 217 Å². The van der Waals surface area contributed by atoms with E-state index in [2.05, 4.69) is 25.6 Å². The number of amides is 1. The maximum absolute atomic E-state index is 12.7. The normalized spacial score (nSPS) is 24.2. The molecule has 5 rings (SSSR count). The number of aliphatic hydroxyl groups is 3. The summed E-state index contributed by atoms with van der Waals surface area (Å²) in [5, 5.41) is 36.3. The quantitative estimate of drug-likeness (QED) is 0.205. The Morgan fingerprint density at radius 3 is 2.45 bits per heavy atom. The maximum atomic E-state index is 12.7. The molecule has 1 saturated carbocycles. The van der Waals surface area contributed by atoms with Gasteiger partial charge in [-0.15, -0.1) is 0 Å². The molecule has 0 bridgehead atoms. The largest absolute Gasteiger partial charge is 0.394 e. The highest BCUT2D eigenvalue weighted by atomic mass is 32.2. The predicted octanol–water partition coefficient (Wildman–Crippen LogP) is -0.0310. The van der Waals surface area contributed by atoms with Gasteiger partial charge in [0.1, 0.15) is 18.3 Å². The average molecular weight is 549 g/mol. The molecule has 2 fully saturated rings. The van der Waals surface area contributed by atoms with Crippen LogP contribution in [-0.4, -0.2) is 84.7 Å². The van der Waals surface area contributed by atoms with Gasteiger partial charge in [-0.25, -0.2) is 15.0 Å². The van der Waals surface area contributed by atoms with Gasteiger partial charge in [0.05, 0.1) is 24.4 Å². The van der Waals surface area contributed by atoms with E-state index in [0.29, 0.717) is 17.0 Å². The molecule has 3 aromatic rings. The molecule has 6 N–H and O–H groups in total. The monoisotopic (exact) mass is 548 g/mol. The molecule has 0 unspecified atom stereocenters. The summed E-state index contributed by atoms with van der Waals surface area (Å²) in [6, 6.07) is 4.97. The molecule has 3 heterocycles. The Kier molecular flexibility index (Phi) is 7.30. The molecular formula is C23H28N6O8S. The summed E-state index contributed by atoms with van der Waals surface area (Å²) < 4.78 is 38.7. The van der Waals surface area contributed by atoms with Crippen molar-refractivity contribution >= 4 is 33.0 Å². The van der Waals surface area contributed by atoms with Crippen molar-refractivity contribution in [1.82, 2.24) is 24.8 Å². The summed E-state index contributed by atoms with van der Waals surface area (Å²) in [5.41, 5.74) is 0.891. The molecule has 204 valence electrons. The van der Waals surface area contributed by atoms with Crippen LogP contribution in [0.25, 0.3) is 11.2 Å². The van der Waals surface area contributed by atoms with E-state index in [-0.39, 0.29) is 28.9 Å². The van der Waals surface area contributed by atoms with Gasteiger partial charge in [0.2, 0.25) is 0 Å². The van der Waals surface area contributed by atoms with Crippen molar-refractivity contribution < 1.29 is 37.8 Å². The van der Waals surface area contributed by atoms with E-state index in [0.717, 1.165) is 37.8 Å². The van der Waals surface area contributed by atoms with Crippen LogP contribution in [0.4, 0.5) is 5.82 Å². The van der Waals surface area contributed by atoms with Crippen molar-refractivity contribution in [3.05, 3.63) is 42.0 Å². The molecule has 0 spiro atoms. The van der Waals surface area contributed by atoms with E-state index < -0.39 is 47.2 Å². The van der Waals surface area contributed by atoms with E-state index in [9.17, 15) is 28.5 Å². The van der Waals surface area contributed by atoms with Crippen molar-refractivity contribution in [2.24, 2.45) is 0 Å². The van der Waals surface area contributed by atoms with Gasteiger partial charge in [-0.3, -0.25) is 13.9 Å². The number of hydrogen-bond donors (Lipinski definition) is 6. The molecular weight excluding hydrogens is 520 g/mol. The number of anilines is 1. The molecule has 4 atom stereocenters. The van der Waals surface area contributed by atoms with Gasteiger partial charge in [-0.2, -0.15) is 8.42 Å². The molecule has 1 amide bonds. The fraction of sp³-hybridized carbons (Fsp3) is 0.478. The second-order valence-electron chi connectivity index (χ2n) is 9.35. The lowest BCUT2D eigenvalue weighted by Crippen LogP contribution is -2.33. The molecule has 15 heteroatoms. The first kappa shape index (κ1) is 26.4. The first-order valence-corrected chi connectivity index (χ1v) is 13.6. The number of hydrogen-bond acceptors (Lipinski definition) is 11. The van der Waals surface area contributed by atoms with Crippen molar-refractivity contribution in [2.75, 3.05) is 11.9 Å². The van der Waals surface area contributed by atoms with Gasteiger partial charge in [0, 0.05) is 11.6 Å². The van der Waals surface area contributed by atoms with Crippen LogP contribution in [0.3, 0.4) is 0 Å². The Morgan fingerprint density at radius 2 is 1.82 bits per heavy atom. The molecule has 0 radical (unpaired) electrons. The number of rotatable bonds is 8. The first-order chi connectivity index (χ1) is 18.2. The Bertz CT molecular complexity index is 1420. The molecule has 2 aliphatic rings. The lowest BCUT2D eigenvalue weighted by molar-refractivity contribution is -0.0511. The standard InChI is InChI=1S/C23H28N6O8S/c30-10-15-18(31)19(32)23(37-15)29-11-25-17-20(26-13-3-1-2-4-13)27-16(28-21(17)29)9-24-22(33)12-5-7-14(8-6-12)38(34,35)36/h5-8,11,13,15,18-19,23,30-32H,1-4,9-10H2,(H,24,33)(H,26,27,28)(H,34,35,36)/t15-,18-,19-,23-/m1/s1. The number of fused-ring (bicyclic) bond motifs is 1. The van der Waals surface area contributed by atoms with Crippen LogP contribution in [0.1, 0.15) is 48.1 Å². The smallest absolute Gasteiger partial charge is 0.294 e. The van der Waals surface area contributed by atoms with E-state index in [1.165, 1.54) is 23.0 Å². The minimum atomic E-state index is -4.38. The zero-order chi connectivity index (χ0) is 27.0. The van der Waals surface area contributed by atoms with Crippen molar-refractivity contribution in [1.29, 1.82) is 0 Å². The van der Waals surface area contributed by atoms with Crippen molar-refractivity contribution in [3.63, 3.8) is 0 Å². The van der Waals surface area contributed by atoms with Crippen LogP contribution in [0, 0.1) is 0 Å². The Balaban J connectivity index is 1.42. The number of carbonyl (C=O) groups is 1. The van der Waals surface area contributed by atoms with Crippen LogP contribution >= 0.6 is 0 Å². The third-order valence-corrected chi connectivity index (χ3v) is 7.64. The summed E-state index contributed by atoms with van der Waals surface area (Å²) in [4.78, 5) is 25.8. The highest BCUT2D eigenvalue weighted by molar-refractivity contribution is 7.85. The van der Waals surface area contributed by atoms with Crippen LogP contribution < -0.4 is 10.6 Å².